The van der Waals surface area contributed by atoms with Gasteiger partial charge in [-0.1, -0.05) is 12.1 Å². The monoisotopic (exact) mass is 430 g/mol. The van der Waals surface area contributed by atoms with Gasteiger partial charge in [0.25, 0.3) is 0 Å². The van der Waals surface area contributed by atoms with E-state index in [2.05, 4.69) is 25.6 Å². The summed E-state index contributed by atoms with van der Waals surface area (Å²) in [7, 11) is 0. The molecule has 0 saturated heterocycles. The first-order chi connectivity index (χ1) is 15.0. The van der Waals surface area contributed by atoms with E-state index in [0.29, 0.717) is 12.5 Å². The van der Waals surface area contributed by atoms with Crippen LogP contribution in [-0.2, 0) is 11.3 Å². The lowest BCUT2D eigenvalue weighted by Gasteiger charge is -2.08. The van der Waals surface area contributed by atoms with Crippen molar-refractivity contribution in [1.29, 1.82) is 0 Å². The third-order valence-corrected chi connectivity index (χ3v) is 5.80. The fourth-order valence-electron chi connectivity index (χ4n) is 3.01. The number of carbonyl (C=O) groups excluding carboxylic acids is 1. The molecule has 8 heteroatoms. The number of aryl methyl sites for hydroxylation is 2. The average molecular weight is 431 g/mol. The van der Waals surface area contributed by atoms with Crippen LogP contribution >= 0.6 is 11.3 Å². The number of nitrogens with zero attached hydrogens (tertiary/aromatic N) is 4. The molecule has 0 aliphatic heterocycles. The van der Waals surface area contributed by atoms with Crippen molar-refractivity contribution in [3.8, 4) is 21.1 Å². The summed E-state index contributed by atoms with van der Waals surface area (Å²) in [6.07, 6.45) is 3.58. The van der Waals surface area contributed by atoms with Gasteiger partial charge in [0.05, 0.1) is 16.3 Å². The maximum absolute atomic E-state index is 11.1. The van der Waals surface area contributed by atoms with E-state index < -0.39 is 0 Å². The molecule has 3 aromatic heterocycles. The van der Waals surface area contributed by atoms with Crippen molar-refractivity contribution in [2.45, 2.75) is 27.3 Å². The molecule has 4 aromatic rings. The molecule has 0 atom stereocenters. The maximum atomic E-state index is 11.1. The Morgan fingerprint density at radius 1 is 1.06 bits per heavy atom. The molecule has 0 aliphatic rings. The first-order valence-corrected chi connectivity index (χ1v) is 10.6. The molecule has 0 saturated carbocycles. The SMILES string of the molecule is CC(=O)NCc1cccc(Nc2nccc(-c3sc(-c4ccc(C)nc4)nc3C)n2)c1. The highest BCUT2D eigenvalue weighted by atomic mass is 32.1. The third-order valence-electron chi connectivity index (χ3n) is 4.57. The van der Waals surface area contributed by atoms with Gasteiger partial charge in [0, 0.05) is 42.8 Å². The van der Waals surface area contributed by atoms with Crippen LogP contribution in [-0.4, -0.2) is 25.8 Å². The Balaban J connectivity index is 1.56. The molecule has 1 amide bonds. The van der Waals surface area contributed by atoms with Gasteiger partial charge in [0.15, 0.2) is 0 Å². The number of hydrogen-bond donors (Lipinski definition) is 2. The van der Waals surface area contributed by atoms with Crippen molar-refractivity contribution in [2.24, 2.45) is 0 Å². The van der Waals surface area contributed by atoms with E-state index in [1.54, 1.807) is 17.5 Å². The zero-order valence-electron chi connectivity index (χ0n) is 17.5. The van der Waals surface area contributed by atoms with Crippen LogP contribution in [0.3, 0.4) is 0 Å². The maximum Gasteiger partial charge on any atom is 0.227 e. The molecular formula is C23H22N6OS. The van der Waals surface area contributed by atoms with Gasteiger partial charge in [-0.3, -0.25) is 9.78 Å². The van der Waals surface area contributed by atoms with Gasteiger partial charge in [-0.2, -0.15) is 0 Å². The number of anilines is 2. The van der Waals surface area contributed by atoms with Crippen molar-refractivity contribution in [2.75, 3.05) is 5.32 Å². The van der Waals surface area contributed by atoms with Crippen LogP contribution < -0.4 is 10.6 Å². The van der Waals surface area contributed by atoms with E-state index in [4.69, 9.17) is 4.98 Å². The highest BCUT2D eigenvalue weighted by Gasteiger charge is 2.13. The van der Waals surface area contributed by atoms with Crippen LogP contribution in [0.5, 0.6) is 0 Å². The minimum Gasteiger partial charge on any atom is -0.352 e. The summed E-state index contributed by atoms with van der Waals surface area (Å²) in [6.45, 7) is 5.93. The molecule has 0 spiro atoms. The Bertz CT molecular complexity index is 1220. The number of thiazole rings is 1. The van der Waals surface area contributed by atoms with Crippen molar-refractivity contribution >= 4 is 28.9 Å². The third kappa shape index (κ3) is 5.10. The van der Waals surface area contributed by atoms with E-state index in [-0.39, 0.29) is 5.91 Å². The minimum atomic E-state index is -0.0601. The fourth-order valence-corrected chi connectivity index (χ4v) is 4.04. The first-order valence-electron chi connectivity index (χ1n) is 9.82. The molecule has 0 unspecified atom stereocenters. The lowest BCUT2D eigenvalue weighted by Crippen LogP contribution is -2.18. The number of nitrogens with one attached hydrogen (secondary N) is 2. The summed E-state index contributed by atoms with van der Waals surface area (Å²) >= 11 is 1.59. The van der Waals surface area contributed by atoms with Gasteiger partial charge in [0.1, 0.15) is 5.01 Å². The average Bonchev–Trinajstić information content (AvgIpc) is 3.15. The predicted molar refractivity (Wildman–Crippen MR) is 123 cm³/mol. The highest BCUT2D eigenvalue weighted by molar-refractivity contribution is 7.18. The second kappa shape index (κ2) is 9.01. The molecule has 2 N–H and O–H groups in total. The topological polar surface area (TPSA) is 92.7 Å². The smallest absolute Gasteiger partial charge is 0.227 e. The van der Waals surface area contributed by atoms with Gasteiger partial charge >= 0.3 is 0 Å². The highest BCUT2D eigenvalue weighted by Crippen LogP contribution is 2.34. The summed E-state index contributed by atoms with van der Waals surface area (Å²) < 4.78 is 0. The normalized spacial score (nSPS) is 10.7. The van der Waals surface area contributed by atoms with E-state index >= 15 is 0 Å². The molecule has 0 aliphatic carbocycles. The molecule has 3 heterocycles. The van der Waals surface area contributed by atoms with Gasteiger partial charge in [-0.05, 0) is 49.7 Å². The van der Waals surface area contributed by atoms with Crippen LogP contribution in [0.1, 0.15) is 23.9 Å². The molecule has 7 nitrogen and oxygen atoms in total. The number of rotatable bonds is 6. The number of aromatic nitrogens is 4. The standard InChI is InChI=1S/C23H22N6OS/c1-14-7-8-18(13-25-14)22-27-15(2)21(31-22)20-9-10-24-23(29-20)28-19-6-4-5-17(11-19)12-26-16(3)30/h4-11,13H,12H2,1-3H3,(H,26,30)(H,24,28,29). The van der Waals surface area contributed by atoms with E-state index in [0.717, 1.165) is 43.8 Å². The van der Waals surface area contributed by atoms with Crippen molar-refractivity contribution < 1.29 is 4.79 Å². The van der Waals surface area contributed by atoms with Gasteiger partial charge < -0.3 is 10.6 Å². The predicted octanol–water partition coefficient (Wildman–Crippen LogP) is 4.66. The van der Waals surface area contributed by atoms with Crippen LogP contribution in [0.15, 0.2) is 54.9 Å². The molecule has 1 aromatic carbocycles. The van der Waals surface area contributed by atoms with Crippen LogP contribution in [0, 0.1) is 13.8 Å². The summed E-state index contributed by atoms with van der Waals surface area (Å²) in [5.74, 6) is 0.440. The second-order valence-electron chi connectivity index (χ2n) is 7.12. The van der Waals surface area contributed by atoms with Gasteiger partial charge in [-0.25, -0.2) is 15.0 Å². The number of benzene rings is 1. The number of pyridine rings is 1. The number of amides is 1. The molecule has 0 fully saturated rings. The van der Waals surface area contributed by atoms with Crippen molar-refractivity contribution in [3.63, 3.8) is 0 Å². The Kier molecular flexibility index (Phi) is 5.99. The van der Waals surface area contributed by atoms with Crippen LogP contribution in [0.2, 0.25) is 0 Å². The summed E-state index contributed by atoms with van der Waals surface area (Å²) in [5.41, 5.74) is 5.55. The summed E-state index contributed by atoms with van der Waals surface area (Å²) in [6, 6.07) is 13.7. The number of carbonyl (C=O) groups is 1. The molecule has 31 heavy (non-hydrogen) atoms. The Morgan fingerprint density at radius 2 is 1.94 bits per heavy atom. The van der Waals surface area contributed by atoms with E-state index in [1.807, 2.05) is 62.5 Å². The Morgan fingerprint density at radius 3 is 2.71 bits per heavy atom. The Hall–Kier alpha value is -3.65. The van der Waals surface area contributed by atoms with Crippen molar-refractivity contribution in [3.05, 3.63) is 71.8 Å². The van der Waals surface area contributed by atoms with Crippen molar-refractivity contribution in [1.82, 2.24) is 25.3 Å². The first kappa shape index (κ1) is 20.6. The number of hydrogen-bond acceptors (Lipinski definition) is 7. The molecular weight excluding hydrogens is 408 g/mol. The van der Waals surface area contributed by atoms with E-state index in [9.17, 15) is 4.79 Å². The lowest BCUT2D eigenvalue weighted by molar-refractivity contribution is -0.119. The lowest BCUT2D eigenvalue weighted by atomic mass is 10.2. The zero-order valence-corrected chi connectivity index (χ0v) is 18.3. The van der Waals surface area contributed by atoms with Crippen LogP contribution in [0.25, 0.3) is 21.1 Å². The quantitative estimate of drug-likeness (QED) is 0.462. The Labute approximate surface area is 184 Å². The zero-order chi connectivity index (χ0) is 21.8. The molecule has 4 rings (SSSR count). The van der Waals surface area contributed by atoms with Gasteiger partial charge in [-0.15, -0.1) is 11.3 Å². The largest absolute Gasteiger partial charge is 0.352 e. The van der Waals surface area contributed by atoms with Gasteiger partial charge in [0.2, 0.25) is 11.9 Å². The van der Waals surface area contributed by atoms with Crippen LogP contribution in [0.4, 0.5) is 11.6 Å². The second-order valence-corrected chi connectivity index (χ2v) is 8.12. The molecule has 0 bridgehead atoms. The minimum absolute atomic E-state index is 0.0601. The molecule has 156 valence electrons. The van der Waals surface area contributed by atoms with E-state index in [1.165, 1.54) is 6.92 Å². The fraction of sp³-hybridized carbons (Fsp3) is 0.174. The summed E-state index contributed by atoms with van der Waals surface area (Å²) in [4.78, 5) is 30.3. The summed E-state index contributed by atoms with van der Waals surface area (Å²) in [5, 5.41) is 6.96. The molecule has 0 radical (unpaired) electrons.